The van der Waals surface area contributed by atoms with Gasteiger partial charge in [-0.15, -0.1) is 0 Å². The van der Waals surface area contributed by atoms with Crippen LogP contribution in [0.5, 0.6) is 5.75 Å². The van der Waals surface area contributed by atoms with Crippen molar-refractivity contribution < 1.29 is 32.2 Å². The first-order valence-corrected chi connectivity index (χ1v) is 9.13. The Morgan fingerprint density at radius 2 is 1.67 bits per heavy atom. The number of carboxylic acid groups (broad SMARTS) is 1. The lowest BCUT2D eigenvalue weighted by Crippen LogP contribution is -2.12. The number of carboxylic acids is 1. The summed E-state index contributed by atoms with van der Waals surface area (Å²) in [7, 11) is 0. The van der Waals surface area contributed by atoms with Gasteiger partial charge < -0.3 is 9.84 Å². The number of carbonyl (C=O) groups is 1. The van der Waals surface area contributed by atoms with Gasteiger partial charge in [-0.2, -0.15) is 0 Å². The van der Waals surface area contributed by atoms with Crippen molar-refractivity contribution in [2.45, 2.75) is 19.3 Å². The van der Waals surface area contributed by atoms with Gasteiger partial charge in [-0.1, -0.05) is 25.1 Å². The SMILES string of the molecule is CC(Cc1c(F)ccc(OCC(=O)O)c1F)c1cc(-c2cccc(F)c2)ccc1F. The highest BCUT2D eigenvalue weighted by Gasteiger charge is 2.21. The number of halogens is 4. The van der Waals surface area contributed by atoms with Crippen LogP contribution in [0.25, 0.3) is 11.1 Å². The van der Waals surface area contributed by atoms with E-state index >= 15 is 0 Å². The van der Waals surface area contributed by atoms with Gasteiger partial charge >= 0.3 is 5.97 Å². The largest absolute Gasteiger partial charge is 0.479 e. The molecular formula is C23H18F4O3. The molecule has 0 aliphatic heterocycles. The number of ether oxygens (including phenoxy) is 1. The topological polar surface area (TPSA) is 46.5 Å². The number of benzene rings is 3. The molecule has 3 aromatic rings. The van der Waals surface area contributed by atoms with Gasteiger partial charge in [-0.3, -0.25) is 0 Å². The minimum absolute atomic E-state index is 0.189. The quantitative estimate of drug-likeness (QED) is 0.499. The van der Waals surface area contributed by atoms with Crippen LogP contribution in [0.1, 0.15) is 24.0 Å². The Hall–Kier alpha value is -3.35. The molecule has 0 aliphatic carbocycles. The molecule has 0 aromatic heterocycles. The Bertz CT molecular complexity index is 1080. The second kappa shape index (κ2) is 8.98. The summed E-state index contributed by atoms with van der Waals surface area (Å²) < 4.78 is 61.7. The highest BCUT2D eigenvalue weighted by molar-refractivity contribution is 5.68. The summed E-state index contributed by atoms with van der Waals surface area (Å²) in [5.41, 5.74) is 0.996. The van der Waals surface area contributed by atoms with Crippen LogP contribution in [0, 0.1) is 23.3 Å². The van der Waals surface area contributed by atoms with E-state index in [0.717, 1.165) is 12.1 Å². The predicted octanol–water partition coefficient (Wildman–Crippen LogP) is 5.72. The van der Waals surface area contributed by atoms with E-state index < -0.39 is 47.5 Å². The lowest BCUT2D eigenvalue weighted by Gasteiger charge is -2.17. The van der Waals surface area contributed by atoms with E-state index in [9.17, 15) is 22.4 Å². The number of hydrogen-bond donors (Lipinski definition) is 1. The fraction of sp³-hybridized carbons (Fsp3) is 0.174. The third-order valence-electron chi connectivity index (χ3n) is 4.70. The zero-order chi connectivity index (χ0) is 21.8. The second-order valence-electron chi connectivity index (χ2n) is 6.87. The summed E-state index contributed by atoms with van der Waals surface area (Å²) in [6.45, 7) is 0.833. The standard InChI is InChI=1S/C23H18F4O3/c1-13(9-18-20(26)7-8-21(23(18)27)30-12-22(28)29)17-11-15(5-6-19(17)25)14-3-2-4-16(24)10-14/h2-8,10-11,13H,9,12H2,1H3,(H,28,29). The van der Waals surface area contributed by atoms with Crippen LogP contribution in [0.15, 0.2) is 54.6 Å². The molecule has 0 radical (unpaired) electrons. The van der Waals surface area contributed by atoms with Crippen LogP contribution in [-0.2, 0) is 11.2 Å². The summed E-state index contributed by atoms with van der Waals surface area (Å²) in [5, 5.41) is 8.66. The van der Waals surface area contributed by atoms with Gasteiger partial charge in [-0.05, 0) is 65.4 Å². The summed E-state index contributed by atoms with van der Waals surface area (Å²) in [6.07, 6.45) is -0.189. The molecule has 3 rings (SSSR count). The molecule has 0 bridgehead atoms. The zero-order valence-corrected chi connectivity index (χ0v) is 16.0. The van der Waals surface area contributed by atoms with Crippen LogP contribution in [0.4, 0.5) is 17.6 Å². The van der Waals surface area contributed by atoms with Crippen LogP contribution in [-0.4, -0.2) is 17.7 Å². The Balaban J connectivity index is 1.91. The molecule has 0 heterocycles. The molecule has 1 atom stereocenters. The molecule has 1 N–H and O–H groups in total. The van der Waals surface area contributed by atoms with E-state index in [1.54, 1.807) is 13.0 Å². The zero-order valence-electron chi connectivity index (χ0n) is 16.0. The maximum absolute atomic E-state index is 14.7. The monoisotopic (exact) mass is 418 g/mol. The Labute approximate surface area is 170 Å². The molecule has 0 fully saturated rings. The van der Waals surface area contributed by atoms with Crippen LogP contribution < -0.4 is 4.74 Å². The van der Waals surface area contributed by atoms with Gasteiger partial charge in [0.15, 0.2) is 18.2 Å². The molecule has 3 aromatic carbocycles. The van der Waals surface area contributed by atoms with Crippen LogP contribution in [0.3, 0.4) is 0 Å². The molecule has 0 spiro atoms. The van der Waals surface area contributed by atoms with Crippen molar-refractivity contribution in [3.63, 3.8) is 0 Å². The van der Waals surface area contributed by atoms with Crippen LogP contribution in [0.2, 0.25) is 0 Å². The van der Waals surface area contributed by atoms with Gasteiger partial charge in [0.1, 0.15) is 17.5 Å². The summed E-state index contributed by atoms with van der Waals surface area (Å²) in [5.74, 6) is -5.18. The van der Waals surface area contributed by atoms with Crippen molar-refractivity contribution in [2.75, 3.05) is 6.61 Å². The fourth-order valence-corrected chi connectivity index (χ4v) is 3.20. The molecule has 7 heteroatoms. The first kappa shape index (κ1) is 21.4. The summed E-state index contributed by atoms with van der Waals surface area (Å²) >= 11 is 0. The minimum atomic E-state index is -1.30. The number of aliphatic carboxylic acids is 1. The van der Waals surface area contributed by atoms with Gasteiger partial charge in [0, 0.05) is 5.56 Å². The Kier molecular flexibility index (Phi) is 6.40. The average molecular weight is 418 g/mol. The van der Waals surface area contributed by atoms with Crippen molar-refractivity contribution in [2.24, 2.45) is 0 Å². The molecule has 0 aliphatic rings. The third kappa shape index (κ3) is 4.79. The minimum Gasteiger partial charge on any atom is -0.479 e. The highest BCUT2D eigenvalue weighted by atomic mass is 19.1. The number of hydrogen-bond acceptors (Lipinski definition) is 2. The maximum Gasteiger partial charge on any atom is 0.341 e. The van der Waals surface area contributed by atoms with Crippen LogP contribution >= 0.6 is 0 Å². The summed E-state index contributed by atoms with van der Waals surface area (Å²) in [6, 6.07) is 12.0. The van der Waals surface area contributed by atoms with Crippen molar-refractivity contribution in [3.05, 3.63) is 89.0 Å². The second-order valence-corrected chi connectivity index (χ2v) is 6.87. The van der Waals surface area contributed by atoms with Crippen molar-refractivity contribution in [1.29, 1.82) is 0 Å². The van der Waals surface area contributed by atoms with Crippen molar-refractivity contribution in [3.8, 4) is 16.9 Å². The lowest BCUT2D eigenvalue weighted by atomic mass is 9.90. The predicted molar refractivity (Wildman–Crippen MR) is 103 cm³/mol. The third-order valence-corrected chi connectivity index (χ3v) is 4.70. The van der Waals surface area contributed by atoms with E-state index in [1.807, 2.05) is 0 Å². The first-order valence-electron chi connectivity index (χ1n) is 9.13. The number of rotatable bonds is 7. The Morgan fingerprint density at radius 3 is 2.37 bits per heavy atom. The van der Waals surface area contributed by atoms with Crippen molar-refractivity contribution >= 4 is 5.97 Å². The normalized spacial score (nSPS) is 11.9. The fourth-order valence-electron chi connectivity index (χ4n) is 3.20. The molecule has 0 saturated heterocycles. The first-order chi connectivity index (χ1) is 14.3. The summed E-state index contributed by atoms with van der Waals surface area (Å²) in [4.78, 5) is 10.6. The van der Waals surface area contributed by atoms with E-state index in [0.29, 0.717) is 11.1 Å². The molecule has 3 nitrogen and oxygen atoms in total. The van der Waals surface area contributed by atoms with Gasteiger partial charge in [0.25, 0.3) is 0 Å². The van der Waals surface area contributed by atoms with Gasteiger partial charge in [-0.25, -0.2) is 22.4 Å². The van der Waals surface area contributed by atoms with E-state index in [-0.39, 0.29) is 17.5 Å². The molecule has 156 valence electrons. The van der Waals surface area contributed by atoms with E-state index in [4.69, 9.17) is 9.84 Å². The molecule has 0 saturated carbocycles. The van der Waals surface area contributed by atoms with Gasteiger partial charge in [0.2, 0.25) is 0 Å². The average Bonchev–Trinajstić information content (AvgIpc) is 2.70. The van der Waals surface area contributed by atoms with Crippen molar-refractivity contribution in [1.82, 2.24) is 0 Å². The lowest BCUT2D eigenvalue weighted by molar-refractivity contribution is -0.139. The highest BCUT2D eigenvalue weighted by Crippen LogP contribution is 2.32. The van der Waals surface area contributed by atoms with Gasteiger partial charge in [0.05, 0.1) is 0 Å². The van der Waals surface area contributed by atoms with E-state index in [1.165, 1.54) is 36.4 Å². The molecular weight excluding hydrogens is 400 g/mol. The van der Waals surface area contributed by atoms with E-state index in [2.05, 4.69) is 0 Å². The molecule has 0 amide bonds. The maximum atomic E-state index is 14.7. The Morgan fingerprint density at radius 1 is 0.967 bits per heavy atom. The molecule has 1 unspecified atom stereocenters. The molecule has 30 heavy (non-hydrogen) atoms. The smallest absolute Gasteiger partial charge is 0.341 e.